The zero-order valence-corrected chi connectivity index (χ0v) is 23.0. The number of aliphatic hydroxyl groups excluding tert-OH is 1. The number of hydrogen-bond donors (Lipinski definition) is 6. The number of fused-ring (bicyclic) bond motifs is 2. The third kappa shape index (κ3) is 5.76. The molecule has 0 spiro atoms. The summed E-state index contributed by atoms with van der Waals surface area (Å²) < 4.78 is 59.2. The Hall–Kier alpha value is -1.99. The monoisotopic (exact) mass is 576 g/mol. The summed E-state index contributed by atoms with van der Waals surface area (Å²) in [6, 6.07) is 0.441. The number of carbonyl (C=O) groups excluding carboxylic acids is 1. The second-order valence-electron chi connectivity index (χ2n) is 10.2. The fraction of sp³-hybridized carbons (Fsp3) is 0.739. The summed E-state index contributed by atoms with van der Waals surface area (Å²) in [4.78, 5) is 16.9. The highest BCUT2D eigenvalue weighted by Crippen LogP contribution is 2.47. The van der Waals surface area contributed by atoms with Gasteiger partial charge in [0.25, 0.3) is 0 Å². The Morgan fingerprint density at radius 2 is 1.92 bits per heavy atom. The van der Waals surface area contributed by atoms with Crippen molar-refractivity contribution in [3.63, 3.8) is 0 Å². The molecule has 1 saturated carbocycles. The van der Waals surface area contributed by atoms with Gasteiger partial charge in [0.2, 0.25) is 18.0 Å². The first-order chi connectivity index (χ1) is 18.3. The minimum Gasteiger partial charge on any atom is -0.390 e. The quantitative estimate of drug-likeness (QED) is 0.183. The molecule has 15 nitrogen and oxygen atoms in total. The van der Waals surface area contributed by atoms with E-state index in [1.54, 1.807) is 27.9 Å². The van der Waals surface area contributed by atoms with Crippen LogP contribution >= 0.6 is 0 Å². The van der Waals surface area contributed by atoms with Crippen molar-refractivity contribution in [2.24, 2.45) is 0 Å². The van der Waals surface area contributed by atoms with E-state index in [1.165, 1.54) is 19.2 Å². The van der Waals surface area contributed by atoms with Crippen LogP contribution in [0.3, 0.4) is 0 Å². The van der Waals surface area contributed by atoms with E-state index in [9.17, 15) is 23.4 Å². The number of hydrogen-bond acceptors (Lipinski definition) is 13. The average molecular weight is 577 g/mol. The fourth-order valence-electron chi connectivity index (χ4n) is 5.78. The van der Waals surface area contributed by atoms with Gasteiger partial charge in [-0.2, -0.15) is 8.42 Å². The van der Waals surface area contributed by atoms with E-state index in [0.717, 1.165) is 6.20 Å². The molecule has 1 amide bonds. The maximum atomic E-state index is 13.0. The summed E-state index contributed by atoms with van der Waals surface area (Å²) in [7, 11) is 0.150. The molecule has 1 aromatic heterocycles. The van der Waals surface area contributed by atoms with Gasteiger partial charge in [-0.1, -0.05) is 0 Å². The Morgan fingerprint density at radius 3 is 2.49 bits per heavy atom. The number of rotatable bonds is 8. The van der Waals surface area contributed by atoms with Gasteiger partial charge in [0.1, 0.15) is 17.8 Å². The number of aliphatic hydroxyl groups is 2. The van der Waals surface area contributed by atoms with Crippen LogP contribution in [0.15, 0.2) is 18.3 Å². The number of carbonyl (C=O) groups is 1. The van der Waals surface area contributed by atoms with Gasteiger partial charge in [-0.15, -0.1) is 0 Å². The number of aromatic nitrogens is 1. The van der Waals surface area contributed by atoms with Crippen molar-refractivity contribution in [1.82, 2.24) is 20.9 Å². The number of nitrogens with zero attached hydrogens (tertiary/aromatic N) is 1. The summed E-state index contributed by atoms with van der Waals surface area (Å²) in [5.74, 6) is -2.84. The molecular formula is C23H36N4O11S. The average Bonchev–Trinajstić information content (AvgIpc) is 2.84. The number of pyridine rings is 1. The molecule has 16 heteroatoms. The molecule has 2 aliphatic heterocycles. The number of ether oxygens (including phenoxy) is 4. The maximum Gasteiger partial charge on any atom is 0.446 e. The topological polar surface area (TPSA) is 207 Å². The molecule has 0 radical (unpaired) electrons. The predicted molar refractivity (Wildman–Crippen MR) is 133 cm³/mol. The molecule has 4 rings (SSSR count). The van der Waals surface area contributed by atoms with Crippen molar-refractivity contribution in [3.05, 3.63) is 24.0 Å². The van der Waals surface area contributed by atoms with E-state index >= 15 is 0 Å². The van der Waals surface area contributed by atoms with Gasteiger partial charge in [0.05, 0.1) is 43.0 Å². The molecular weight excluding hydrogens is 540 g/mol. The smallest absolute Gasteiger partial charge is 0.390 e. The van der Waals surface area contributed by atoms with Gasteiger partial charge in [0, 0.05) is 12.8 Å². The predicted octanol–water partition coefficient (Wildman–Crippen LogP) is -2.15. The van der Waals surface area contributed by atoms with Gasteiger partial charge < -0.3 is 49.3 Å². The van der Waals surface area contributed by atoms with Crippen LogP contribution < -0.4 is 20.1 Å². The highest BCUT2D eigenvalue weighted by atomic mass is 32.3. The summed E-state index contributed by atoms with van der Waals surface area (Å²) in [5.41, 5.74) is -0.882. The van der Waals surface area contributed by atoms with Crippen molar-refractivity contribution in [1.29, 1.82) is 0 Å². The van der Waals surface area contributed by atoms with Crippen molar-refractivity contribution in [3.8, 4) is 5.75 Å². The molecule has 3 heterocycles. The number of likely N-dealkylation sites (N-methyl/N-ethyl adjacent to an activating group) is 2. The van der Waals surface area contributed by atoms with E-state index in [0.29, 0.717) is 0 Å². The zero-order valence-electron chi connectivity index (χ0n) is 22.2. The van der Waals surface area contributed by atoms with Crippen molar-refractivity contribution in [2.75, 3.05) is 21.2 Å². The molecule has 220 valence electrons. The Bertz CT molecular complexity index is 1140. The van der Waals surface area contributed by atoms with E-state index in [4.69, 9.17) is 23.5 Å². The summed E-state index contributed by atoms with van der Waals surface area (Å²) >= 11 is 0. The Kier molecular flexibility index (Phi) is 8.55. The lowest BCUT2D eigenvalue weighted by atomic mass is 9.71. The summed E-state index contributed by atoms with van der Waals surface area (Å²) in [6.07, 6.45) is -3.23. The molecule has 2 saturated heterocycles. The molecule has 3 aliphatic rings. The molecule has 1 aliphatic carbocycles. The van der Waals surface area contributed by atoms with Crippen LogP contribution in [-0.4, -0.2) is 115 Å². The van der Waals surface area contributed by atoms with Gasteiger partial charge in [-0.05, 0) is 46.5 Å². The molecule has 1 unspecified atom stereocenters. The van der Waals surface area contributed by atoms with Gasteiger partial charge >= 0.3 is 10.4 Å². The van der Waals surface area contributed by atoms with Gasteiger partial charge in [-0.3, -0.25) is 14.3 Å². The summed E-state index contributed by atoms with van der Waals surface area (Å²) in [5, 5.41) is 31.8. The highest BCUT2D eigenvalue weighted by Gasteiger charge is 2.68. The maximum absolute atomic E-state index is 13.0. The van der Waals surface area contributed by atoms with Crippen LogP contribution in [-0.2, 0) is 40.6 Å². The lowest BCUT2D eigenvalue weighted by Gasteiger charge is -2.62. The Balaban J connectivity index is 1.55. The lowest BCUT2D eigenvalue weighted by Crippen LogP contribution is -2.83. The zero-order chi connectivity index (χ0) is 28.8. The lowest BCUT2D eigenvalue weighted by molar-refractivity contribution is -0.470. The van der Waals surface area contributed by atoms with Gasteiger partial charge in [0.15, 0.2) is 5.75 Å². The molecule has 0 aromatic carbocycles. The molecule has 0 bridgehead atoms. The first kappa shape index (κ1) is 30.0. The molecule has 1 aromatic rings. The third-order valence-electron chi connectivity index (χ3n) is 7.55. The minimum atomic E-state index is -4.70. The first-order valence-corrected chi connectivity index (χ1v) is 13.8. The van der Waals surface area contributed by atoms with Crippen molar-refractivity contribution >= 4 is 16.3 Å². The molecule has 10 atom stereocenters. The Labute approximate surface area is 226 Å². The highest BCUT2D eigenvalue weighted by molar-refractivity contribution is 7.81. The Morgan fingerprint density at radius 1 is 1.23 bits per heavy atom. The standard InChI is InChI=1S/C23H36N4O11S/c1-11-8-14(27-15(28)9-12-6-7-13(10-26-12)38-39(31,32)33)23(30)21(35-11)37-22(2)19(34-5)16(24-3)18(29)17(25-4)20(22)36-23/h6-7,10-11,14,16-21,24-25,29-30H,8-9H2,1-5H3,(H,27,28)(H,31,32,33)/t11-,14-,16-,17+,18+,19+,20-,21+,22?,23+/m1/s1. The largest absolute Gasteiger partial charge is 0.446 e. The number of methoxy groups -OCH3 is 1. The van der Waals surface area contributed by atoms with E-state index in [1.807, 2.05) is 0 Å². The van der Waals surface area contributed by atoms with Crippen molar-refractivity contribution < 1.29 is 51.1 Å². The van der Waals surface area contributed by atoms with E-state index in [2.05, 4.69) is 25.1 Å². The molecule has 3 fully saturated rings. The fourth-order valence-corrected chi connectivity index (χ4v) is 6.12. The van der Waals surface area contributed by atoms with Crippen LogP contribution in [0.2, 0.25) is 0 Å². The van der Waals surface area contributed by atoms with Crippen molar-refractivity contribution in [2.45, 2.75) is 86.9 Å². The van der Waals surface area contributed by atoms with Crippen LogP contribution in [0, 0.1) is 0 Å². The second-order valence-corrected chi connectivity index (χ2v) is 11.2. The minimum absolute atomic E-state index is 0.194. The first-order valence-electron chi connectivity index (χ1n) is 12.5. The molecule has 39 heavy (non-hydrogen) atoms. The van der Waals surface area contributed by atoms with Crippen LogP contribution in [0.5, 0.6) is 5.75 Å². The normalized spacial score (nSPS) is 40.3. The van der Waals surface area contributed by atoms with Gasteiger partial charge in [-0.25, -0.2) is 0 Å². The molecule has 6 N–H and O–H groups in total. The number of nitrogens with one attached hydrogen (secondary N) is 3. The summed E-state index contributed by atoms with van der Waals surface area (Å²) in [6.45, 7) is 3.54. The van der Waals surface area contributed by atoms with Crippen LogP contribution in [0.1, 0.15) is 26.0 Å². The van der Waals surface area contributed by atoms with E-state index < -0.39 is 76.5 Å². The van der Waals surface area contributed by atoms with Crippen LogP contribution in [0.4, 0.5) is 0 Å². The number of amides is 1. The van der Waals surface area contributed by atoms with E-state index in [-0.39, 0.29) is 24.3 Å². The third-order valence-corrected chi connectivity index (χ3v) is 7.96. The van der Waals surface area contributed by atoms with Crippen LogP contribution in [0.25, 0.3) is 0 Å². The SMILES string of the molecule is CN[C@@H]1[C@H](O)[C@H](NC)[C@H]2O[C@]3(O)[C@@H](O[C@H](C)C[C@H]3NC(=O)Cc3ccc(OS(=O)(=O)O)cn3)OC2(C)[C@H]1OC. The second kappa shape index (κ2) is 11.1.